The van der Waals surface area contributed by atoms with Crippen LogP contribution in [0, 0.1) is 12.8 Å². The molecule has 3 atom stereocenters. The Hall–Kier alpha value is -1.63. The molecule has 21 heavy (non-hydrogen) atoms. The second-order valence-corrected chi connectivity index (χ2v) is 6.56. The van der Waals surface area contributed by atoms with Crippen molar-refractivity contribution in [2.75, 3.05) is 6.54 Å². The van der Waals surface area contributed by atoms with E-state index >= 15 is 0 Å². The molecule has 0 aliphatic carbocycles. The van der Waals surface area contributed by atoms with E-state index in [0.717, 1.165) is 17.1 Å². The molecule has 7 heteroatoms. The van der Waals surface area contributed by atoms with Crippen LogP contribution in [0.4, 0.5) is 4.79 Å². The lowest BCUT2D eigenvalue weighted by atomic mass is 9.93. The SMILES string of the molecule is Cc1csc(C(C)NC(=O)N2CCC(C)CC2C(=O)O)n1. The number of nitrogens with zero attached hydrogens (tertiary/aromatic N) is 2. The average molecular weight is 311 g/mol. The summed E-state index contributed by atoms with van der Waals surface area (Å²) in [6, 6.07) is -1.28. The van der Waals surface area contributed by atoms with E-state index in [1.165, 1.54) is 16.2 Å². The normalized spacial score (nSPS) is 23.7. The Balaban J connectivity index is 2.02. The van der Waals surface area contributed by atoms with Gasteiger partial charge < -0.3 is 15.3 Å². The molecule has 2 N–H and O–H groups in total. The molecule has 0 radical (unpaired) electrons. The van der Waals surface area contributed by atoms with E-state index < -0.39 is 12.0 Å². The topological polar surface area (TPSA) is 82.5 Å². The summed E-state index contributed by atoms with van der Waals surface area (Å²) in [6.45, 7) is 6.26. The van der Waals surface area contributed by atoms with Crippen LogP contribution in [0.15, 0.2) is 5.38 Å². The Morgan fingerprint density at radius 2 is 2.29 bits per heavy atom. The third-order valence-electron chi connectivity index (χ3n) is 3.76. The van der Waals surface area contributed by atoms with Gasteiger partial charge in [0, 0.05) is 17.6 Å². The molecule has 1 saturated heterocycles. The first kappa shape index (κ1) is 15.8. The first-order valence-corrected chi connectivity index (χ1v) is 7.98. The van der Waals surface area contributed by atoms with Gasteiger partial charge in [-0.2, -0.15) is 0 Å². The number of carboxylic acid groups (broad SMARTS) is 1. The molecule has 0 saturated carbocycles. The van der Waals surface area contributed by atoms with E-state index in [2.05, 4.69) is 10.3 Å². The van der Waals surface area contributed by atoms with E-state index in [1.807, 2.05) is 26.2 Å². The van der Waals surface area contributed by atoms with Gasteiger partial charge in [-0.3, -0.25) is 0 Å². The molecular weight excluding hydrogens is 290 g/mol. The van der Waals surface area contributed by atoms with Crippen molar-refractivity contribution in [1.82, 2.24) is 15.2 Å². The van der Waals surface area contributed by atoms with Gasteiger partial charge >= 0.3 is 12.0 Å². The molecule has 2 amide bonds. The number of carbonyl (C=O) groups excluding carboxylic acids is 1. The Labute approximate surface area is 128 Å². The number of urea groups is 1. The third-order valence-corrected chi connectivity index (χ3v) is 4.90. The van der Waals surface area contributed by atoms with E-state index in [0.29, 0.717) is 18.9 Å². The van der Waals surface area contributed by atoms with E-state index in [-0.39, 0.29) is 12.1 Å². The number of aromatic nitrogens is 1. The maximum Gasteiger partial charge on any atom is 0.326 e. The lowest BCUT2D eigenvalue weighted by molar-refractivity contribution is -0.143. The number of rotatable bonds is 3. The van der Waals surface area contributed by atoms with Crippen molar-refractivity contribution in [3.05, 3.63) is 16.1 Å². The molecule has 2 heterocycles. The Bertz CT molecular complexity index is 531. The number of amides is 2. The van der Waals surface area contributed by atoms with Crippen molar-refractivity contribution in [1.29, 1.82) is 0 Å². The molecular formula is C14H21N3O3S. The highest BCUT2D eigenvalue weighted by molar-refractivity contribution is 7.09. The molecule has 0 bridgehead atoms. The van der Waals surface area contributed by atoms with Crippen molar-refractivity contribution in [3.63, 3.8) is 0 Å². The summed E-state index contributed by atoms with van der Waals surface area (Å²) in [5.41, 5.74) is 0.923. The summed E-state index contributed by atoms with van der Waals surface area (Å²) in [6.07, 6.45) is 1.34. The summed E-state index contributed by atoms with van der Waals surface area (Å²) < 4.78 is 0. The van der Waals surface area contributed by atoms with Gasteiger partial charge in [0.1, 0.15) is 11.0 Å². The molecule has 1 aliphatic rings. The molecule has 1 fully saturated rings. The Morgan fingerprint density at radius 3 is 2.86 bits per heavy atom. The molecule has 6 nitrogen and oxygen atoms in total. The molecule has 1 aliphatic heterocycles. The zero-order valence-corrected chi connectivity index (χ0v) is 13.3. The number of hydrogen-bond donors (Lipinski definition) is 2. The van der Waals surface area contributed by atoms with Gasteiger partial charge in [0.2, 0.25) is 0 Å². The van der Waals surface area contributed by atoms with Crippen molar-refractivity contribution in [3.8, 4) is 0 Å². The Kier molecular flexibility index (Phi) is 4.82. The second-order valence-electron chi connectivity index (χ2n) is 5.68. The fourth-order valence-corrected chi connectivity index (χ4v) is 3.32. The summed E-state index contributed by atoms with van der Waals surface area (Å²) in [5, 5.41) is 14.9. The highest BCUT2D eigenvalue weighted by atomic mass is 32.1. The maximum atomic E-state index is 12.3. The minimum absolute atomic E-state index is 0.218. The van der Waals surface area contributed by atoms with Crippen LogP contribution in [-0.4, -0.2) is 39.6 Å². The number of aryl methyl sites for hydroxylation is 1. The predicted molar refractivity (Wildman–Crippen MR) is 80.3 cm³/mol. The standard InChI is InChI=1S/C14H21N3O3S/c1-8-4-5-17(11(6-8)13(18)19)14(20)16-10(3)12-15-9(2)7-21-12/h7-8,10-11H,4-6H2,1-3H3,(H,16,20)(H,18,19). The molecule has 0 spiro atoms. The summed E-state index contributed by atoms with van der Waals surface area (Å²) >= 11 is 1.49. The molecule has 0 aromatic carbocycles. The number of carbonyl (C=O) groups is 2. The second kappa shape index (κ2) is 6.43. The minimum atomic E-state index is -0.936. The number of likely N-dealkylation sites (tertiary alicyclic amines) is 1. The molecule has 1 aromatic heterocycles. The molecule has 1 aromatic rings. The molecule has 3 unspecified atom stereocenters. The number of piperidine rings is 1. The number of carboxylic acids is 1. The zero-order valence-electron chi connectivity index (χ0n) is 12.5. The monoisotopic (exact) mass is 311 g/mol. The number of hydrogen-bond acceptors (Lipinski definition) is 4. The summed E-state index contributed by atoms with van der Waals surface area (Å²) in [7, 11) is 0. The van der Waals surface area contributed by atoms with Crippen molar-refractivity contribution in [2.45, 2.75) is 45.7 Å². The Morgan fingerprint density at radius 1 is 1.57 bits per heavy atom. The zero-order chi connectivity index (χ0) is 15.6. The highest BCUT2D eigenvalue weighted by Gasteiger charge is 2.35. The van der Waals surface area contributed by atoms with Gasteiger partial charge in [-0.15, -0.1) is 11.3 Å². The molecule has 116 valence electrons. The van der Waals surface area contributed by atoms with Crippen molar-refractivity contribution < 1.29 is 14.7 Å². The fourth-order valence-electron chi connectivity index (χ4n) is 2.52. The van der Waals surface area contributed by atoms with Crippen LogP contribution in [0.25, 0.3) is 0 Å². The average Bonchev–Trinajstić information content (AvgIpc) is 2.85. The quantitative estimate of drug-likeness (QED) is 0.898. The lowest BCUT2D eigenvalue weighted by Gasteiger charge is -2.36. The largest absolute Gasteiger partial charge is 0.480 e. The van der Waals surface area contributed by atoms with Gasteiger partial charge in [0.25, 0.3) is 0 Å². The van der Waals surface area contributed by atoms with Gasteiger partial charge in [-0.1, -0.05) is 6.92 Å². The van der Waals surface area contributed by atoms with Crippen molar-refractivity contribution in [2.24, 2.45) is 5.92 Å². The van der Waals surface area contributed by atoms with Crippen LogP contribution in [0.3, 0.4) is 0 Å². The molecule has 2 rings (SSSR count). The van der Waals surface area contributed by atoms with Crippen LogP contribution in [0.2, 0.25) is 0 Å². The summed E-state index contributed by atoms with van der Waals surface area (Å²) in [5.74, 6) is -0.608. The first-order chi connectivity index (χ1) is 9.88. The van der Waals surface area contributed by atoms with Gasteiger partial charge in [-0.05, 0) is 32.6 Å². The minimum Gasteiger partial charge on any atom is -0.480 e. The number of aliphatic carboxylic acids is 1. The lowest BCUT2D eigenvalue weighted by Crippen LogP contribution is -2.53. The van der Waals surface area contributed by atoms with Crippen molar-refractivity contribution >= 4 is 23.3 Å². The number of nitrogens with one attached hydrogen (secondary N) is 1. The van der Waals surface area contributed by atoms with Crippen LogP contribution < -0.4 is 5.32 Å². The van der Waals surface area contributed by atoms with E-state index in [4.69, 9.17) is 0 Å². The van der Waals surface area contributed by atoms with Gasteiger partial charge in [0.05, 0.1) is 6.04 Å². The van der Waals surface area contributed by atoms with Gasteiger partial charge in [-0.25, -0.2) is 14.6 Å². The van der Waals surface area contributed by atoms with Crippen LogP contribution in [0.1, 0.15) is 43.4 Å². The smallest absolute Gasteiger partial charge is 0.326 e. The van der Waals surface area contributed by atoms with E-state index in [1.54, 1.807) is 0 Å². The third kappa shape index (κ3) is 3.72. The fraction of sp³-hybridized carbons (Fsp3) is 0.643. The predicted octanol–water partition coefficient (Wildman–Crippen LogP) is 2.41. The number of thiazole rings is 1. The first-order valence-electron chi connectivity index (χ1n) is 7.10. The van der Waals surface area contributed by atoms with Gasteiger partial charge in [0.15, 0.2) is 0 Å². The highest BCUT2D eigenvalue weighted by Crippen LogP contribution is 2.24. The van der Waals surface area contributed by atoms with E-state index in [9.17, 15) is 14.7 Å². The summed E-state index contributed by atoms with van der Waals surface area (Å²) in [4.78, 5) is 29.5. The van der Waals surface area contributed by atoms with Crippen LogP contribution >= 0.6 is 11.3 Å². The van der Waals surface area contributed by atoms with Crippen LogP contribution in [-0.2, 0) is 4.79 Å². The maximum absolute atomic E-state index is 12.3. The van der Waals surface area contributed by atoms with Crippen LogP contribution in [0.5, 0.6) is 0 Å².